The van der Waals surface area contributed by atoms with Crippen molar-refractivity contribution in [3.8, 4) is 0 Å². The molecule has 0 spiro atoms. The summed E-state index contributed by atoms with van der Waals surface area (Å²) in [5, 5.41) is 0. The van der Waals surface area contributed by atoms with Gasteiger partial charge in [-0.25, -0.2) is 0 Å². The van der Waals surface area contributed by atoms with Gasteiger partial charge in [0.2, 0.25) is 0 Å². The second kappa shape index (κ2) is 15.7. The van der Waals surface area contributed by atoms with Crippen LogP contribution in [-0.4, -0.2) is 28.9 Å². The van der Waals surface area contributed by atoms with Gasteiger partial charge in [0.15, 0.2) is 0 Å². The normalized spacial score (nSPS) is 13.9. The van der Waals surface area contributed by atoms with Crippen molar-refractivity contribution >= 4 is 15.2 Å². The van der Waals surface area contributed by atoms with Crippen LogP contribution in [0.25, 0.3) is 0 Å². The van der Waals surface area contributed by atoms with Crippen LogP contribution in [0.2, 0.25) is 0 Å². The minimum atomic E-state index is -4.79. The molecule has 0 aliphatic rings. The van der Waals surface area contributed by atoms with Crippen LogP contribution in [0.5, 0.6) is 0 Å². The maximum absolute atomic E-state index is 10.5. The number of unbranched alkanes of at least 4 members (excludes halogenated alkanes) is 1. The van der Waals surface area contributed by atoms with Gasteiger partial charge in [-0.3, -0.25) is 4.90 Å². The van der Waals surface area contributed by atoms with E-state index in [2.05, 4.69) is 0 Å². The zero-order valence-electron chi connectivity index (χ0n) is 11.4. The standard InChI is InChI=1S/C6H17NO6P2.3K/c1-2-3-4-7(5-14(8,9)10)6-15(11,12)13;;;/h2-6H2,1H3,(H2,8,9,10)(H2,11,12,13);;;/q;3*+1/p-3. The van der Waals surface area contributed by atoms with Gasteiger partial charge >= 0.3 is 154 Å². The summed E-state index contributed by atoms with van der Waals surface area (Å²) in [4.78, 5) is 40.9. The maximum Gasteiger partial charge on any atom is 1.00 e. The van der Waals surface area contributed by atoms with E-state index in [1.165, 1.54) is 0 Å². The molecule has 1 unspecified atom stereocenters. The first-order valence-electron chi connectivity index (χ1n) is 4.40. The van der Waals surface area contributed by atoms with Crippen LogP contribution in [0.1, 0.15) is 19.8 Å². The molecule has 0 heterocycles. The van der Waals surface area contributed by atoms with E-state index in [0.717, 1.165) is 11.3 Å². The number of hydrogen-bond acceptors (Lipinski definition) is 6. The summed E-state index contributed by atoms with van der Waals surface area (Å²) >= 11 is 0. The summed E-state index contributed by atoms with van der Waals surface area (Å²) in [5.41, 5.74) is 0. The zero-order chi connectivity index (χ0) is 12.1. The van der Waals surface area contributed by atoms with E-state index >= 15 is 0 Å². The summed E-state index contributed by atoms with van der Waals surface area (Å²) < 4.78 is 21.0. The minimum absolute atomic E-state index is 0. The quantitative estimate of drug-likeness (QED) is 0.346. The Morgan fingerprint density at radius 1 is 1.06 bits per heavy atom. The Balaban J connectivity index is -0.000000327. The van der Waals surface area contributed by atoms with Crippen molar-refractivity contribution in [1.29, 1.82) is 0 Å². The van der Waals surface area contributed by atoms with Gasteiger partial charge in [-0.05, 0) is 13.0 Å². The van der Waals surface area contributed by atoms with Crippen LogP contribution in [0.3, 0.4) is 0 Å². The van der Waals surface area contributed by atoms with Gasteiger partial charge in [0.1, 0.15) is 7.60 Å². The van der Waals surface area contributed by atoms with Crippen molar-refractivity contribution in [2.75, 3.05) is 19.1 Å². The molecule has 0 aromatic rings. The zero-order valence-corrected chi connectivity index (χ0v) is 22.5. The maximum atomic E-state index is 10.5. The predicted molar refractivity (Wildman–Crippen MR) is 48.8 cm³/mol. The molecule has 0 aliphatic carbocycles. The SMILES string of the molecule is CCCCN(CP(=O)([O-])[O-])CP(=O)([O-])O.[K+].[K+].[K+]. The molecular weight excluding hydrogens is 361 g/mol. The molecule has 0 bridgehead atoms. The fourth-order valence-corrected chi connectivity index (χ4v) is 2.70. The van der Waals surface area contributed by atoms with Crippen molar-refractivity contribution < 1.29 is 183 Å². The summed E-state index contributed by atoms with van der Waals surface area (Å²) in [6.07, 6.45) is -0.394. The van der Waals surface area contributed by atoms with E-state index in [-0.39, 0.29) is 161 Å². The van der Waals surface area contributed by atoms with Gasteiger partial charge in [-0.2, -0.15) is 0 Å². The van der Waals surface area contributed by atoms with Gasteiger partial charge in [-0.1, -0.05) is 20.9 Å². The average molecular weight is 375 g/mol. The van der Waals surface area contributed by atoms with Gasteiger partial charge in [0.05, 0.1) is 6.29 Å². The third kappa shape index (κ3) is 23.4. The van der Waals surface area contributed by atoms with E-state index in [9.17, 15) is 23.8 Å². The van der Waals surface area contributed by atoms with Crippen LogP contribution in [0.15, 0.2) is 0 Å². The molecular formula is C6H14K3NO6P2. The van der Waals surface area contributed by atoms with Crippen molar-refractivity contribution in [3.05, 3.63) is 0 Å². The summed E-state index contributed by atoms with van der Waals surface area (Å²) in [6, 6.07) is 0. The first kappa shape index (κ1) is 31.0. The van der Waals surface area contributed by atoms with E-state index in [0.29, 0.717) is 6.42 Å². The van der Waals surface area contributed by atoms with Crippen LogP contribution in [0, 0.1) is 0 Å². The Kier molecular flexibility index (Phi) is 27.0. The van der Waals surface area contributed by atoms with Gasteiger partial charge in [0, 0.05) is 6.29 Å². The van der Waals surface area contributed by atoms with Gasteiger partial charge in [0.25, 0.3) is 0 Å². The Morgan fingerprint density at radius 3 is 1.78 bits per heavy atom. The summed E-state index contributed by atoms with van der Waals surface area (Å²) in [7, 11) is -9.36. The molecule has 0 saturated carbocycles. The largest absolute Gasteiger partial charge is 1.00 e. The van der Waals surface area contributed by atoms with Gasteiger partial charge < -0.3 is 28.7 Å². The monoisotopic (exact) mass is 375 g/mol. The van der Waals surface area contributed by atoms with Crippen LogP contribution >= 0.6 is 15.2 Å². The molecule has 0 amide bonds. The second-order valence-corrected chi connectivity index (χ2v) is 6.34. The van der Waals surface area contributed by atoms with Crippen LogP contribution in [-0.2, 0) is 9.13 Å². The van der Waals surface area contributed by atoms with Crippen LogP contribution < -0.4 is 169 Å². The van der Waals surface area contributed by atoms with E-state index in [4.69, 9.17) is 4.89 Å². The molecule has 1 atom stereocenters. The summed E-state index contributed by atoms with van der Waals surface area (Å²) in [5.74, 6) is 0. The smallest absolute Gasteiger partial charge is 0.810 e. The molecule has 0 rings (SSSR count). The Morgan fingerprint density at radius 2 is 1.50 bits per heavy atom. The Labute approximate surface area is 235 Å². The number of nitrogens with zero attached hydrogens (tertiary/aromatic N) is 1. The predicted octanol–water partition coefficient (Wildman–Crippen LogP) is -10.5. The first-order valence-corrected chi connectivity index (χ1v) is 7.89. The van der Waals surface area contributed by atoms with Crippen molar-refractivity contribution in [2.24, 2.45) is 0 Å². The molecule has 7 nitrogen and oxygen atoms in total. The molecule has 0 saturated heterocycles. The number of hydrogen-bond donors (Lipinski definition) is 1. The van der Waals surface area contributed by atoms with Crippen molar-refractivity contribution in [1.82, 2.24) is 4.90 Å². The Bertz CT molecular complexity index is 258. The fraction of sp³-hybridized carbons (Fsp3) is 1.00. The first-order chi connectivity index (χ1) is 6.64. The van der Waals surface area contributed by atoms with E-state index in [1.54, 1.807) is 0 Å². The summed E-state index contributed by atoms with van der Waals surface area (Å²) in [6.45, 7) is 1.99. The molecule has 12 heteroatoms. The molecule has 0 aliphatic heterocycles. The van der Waals surface area contributed by atoms with Crippen molar-refractivity contribution in [2.45, 2.75) is 19.8 Å². The van der Waals surface area contributed by atoms with Crippen LogP contribution in [0.4, 0.5) is 0 Å². The third-order valence-corrected chi connectivity index (χ3v) is 3.08. The molecule has 0 aromatic carbocycles. The molecule has 18 heavy (non-hydrogen) atoms. The van der Waals surface area contributed by atoms with E-state index in [1.807, 2.05) is 6.92 Å². The average Bonchev–Trinajstić information content (AvgIpc) is 1.94. The molecule has 1 N–H and O–H groups in total. The number of rotatable bonds is 7. The molecule has 0 aromatic heterocycles. The van der Waals surface area contributed by atoms with Gasteiger partial charge in [-0.15, -0.1) is 0 Å². The second-order valence-electron chi connectivity index (χ2n) is 3.28. The fourth-order valence-electron chi connectivity index (χ4n) is 1.07. The molecule has 92 valence electrons. The molecule has 0 radical (unpaired) electrons. The third-order valence-electron chi connectivity index (χ3n) is 1.58. The molecule has 0 fully saturated rings. The van der Waals surface area contributed by atoms with Crippen molar-refractivity contribution in [3.63, 3.8) is 0 Å². The minimum Gasteiger partial charge on any atom is -0.810 e. The topological polar surface area (TPSA) is 127 Å². The Hall–Kier alpha value is 5.17. The van der Waals surface area contributed by atoms with E-state index < -0.39 is 27.8 Å².